The first-order valence-corrected chi connectivity index (χ1v) is 7.16. The lowest BCUT2D eigenvalue weighted by molar-refractivity contribution is 0.162. The quantitative estimate of drug-likeness (QED) is 0.782. The minimum Gasteiger partial charge on any atom is -0.379 e. The van der Waals surface area contributed by atoms with Gasteiger partial charge < -0.3 is 9.30 Å². The molecule has 1 aliphatic rings. The molecule has 0 bridgehead atoms. The van der Waals surface area contributed by atoms with Gasteiger partial charge in [0.2, 0.25) is 0 Å². The average molecular weight is 279 g/mol. The molecule has 0 N–H and O–H groups in total. The Balaban J connectivity index is 2.29. The van der Waals surface area contributed by atoms with E-state index in [0.717, 1.165) is 36.5 Å². The van der Waals surface area contributed by atoms with Crippen molar-refractivity contribution in [2.45, 2.75) is 38.1 Å². The summed E-state index contributed by atoms with van der Waals surface area (Å²) in [5.41, 5.74) is 3.38. The molecule has 102 valence electrons. The number of hydrogen-bond donors (Lipinski definition) is 0. The van der Waals surface area contributed by atoms with Gasteiger partial charge in [-0.3, -0.25) is 0 Å². The second-order valence-corrected chi connectivity index (χ2v) is 6.37. The Labute approximate surface area is 118 Å². The number of imidazole rings is 1. The molecule has 0 radical (unpaired) electrons. The monoisotopic (exact) mass is 278 g/mol. The predicted octanol–water partition coefficient (Wildman–Crippen LogP) is 3.78. The fourth-order valence-corrected chi connectivity index (χ4v) is 3.02. The van der Waals surface area contributed by atoms with Crippen LogP contribution < -0.4 is 0 Å². The number of benzene rings is 1. The van der Waals surface area contributed by atoms with Crippen LogP contribution in [-0.2, 0) is 10.3 Å². The predicted molar refractivity (Wildman–Crippen MR) is 77.8 cm³/mol. The van der Waals surface area contributed by atoms with E-state index < -0.39 is 0 Å². The second-order valence-electron chi connectivity index (χ2n) is 5.71. The number of hydrogen-bond acceptors (Lipinski definition) is 2. The normalized spacial score (nSPS) is 25.1. The van der Waals surface area contributed by atoms with Crippen molar-refractivity contribution in [2.24, 2.45) is 0 Å². The molecule has 0 amide bonds. The molecule has 4 heteroatoms. The smallest absolute Gasteiger partial charge is 0.128 e. The van der Waals surface area contributed by atoms with E-state index in [1.807, 2.05) is 6.92 Å². The largest absolute Gasteiger partial charge is 0.379 e. The fourth-order valence-electron chi connectivity index (χ4n) is 2.87. The molecule has 1 aromatic carbocycles. The summed E-state index contributed by atoms with van der Waals surface area (Å²) in [4.78, 5) is 4.72. The zero-order valence-electron chi connectivity index (χ0n) is 11.6. The van der Waals surface area contributed by atoms with Gasteiger partial charge in [-0.25, -0.2) is 4.98 Å². The van der Waals surface area contributed by atoms with E-state index >= 15 is 0 Å². The van der Waals surface area contributed by atoms with Crippen molar-refractivity contribution in [1.29, 1.82) is 0 Å². The van der Waals surface area contributed by atoms with Crippen LogP contribution in [0.25, 0.3) is 11.0 Å². The van der Waals surface area contributed by atoms with E-state index in [1.54, 1.807) is 0 Å². The third kappa shape index (κ3) is 2.05. The van der Waals surface area contributed by atoms with Gasteiger partial charge in [0.1, 0.15) is 5.82 Å². The number of aryl methyl sites for hydroxylation is 1. The highest BCUT2D eigenvalue weighted by Gasteiger charge is 2.35. The van der Waals surface area contributed by atoms with Crippen molar-refractivity contribution >= 4 is 22.6 Å². The number of alkyl halides is 1. The molecule has 0 saturated carbocycles. The van der Waals surface area contributed by atoms with Crippen molar-refractivity contribution in [3.05, 3.63) is 29.6 Å². The van der Waals surface area contributed by atoms with E-state index in [2.05, 4.69) is 36.6 Å². The van der Waals surface area contributed by atoms with E-state index in [9.17, 15) is 0 Å². The van der Waals surface area contributed by atoms with Crippen molar-refractivity contribution in [1.82, 2.24) is 9.55 Å². The highest BCUT2D eigenvalue weighted by molar-refractivity contribution is 6.20. The maximum Gasteiger partial charge on any atom is 0.128 e. The molecule has 3 rings (SSSR count). The third-order valence-electron chi connectivity index (χ3n) is 3.93. The molecule has 1 fully saturated rings. The van der Waals surface area contributed by atoms with Crippen LogP contribution in [0.1, 0.15) is 37.0 Å². The van der Waals surface area contributed by atoms with Gasteiger partial charge in [0.25, 0.3) is 0 Å². The van der Waals surface area contributed by atoms with Crippen molar-refractivity contribution in [3.8, 4) is 0 Å². The molecule has 1 aliphatic heterocycles. The SMILES string of the molecule is Cc1ccc2nc(C(C)Cl)n(C3(C)CCOC3)c2c1. The van der Waals surface area contributed by atoms with Crippen LogP contribution in [0.2, 0.25) is 0 Å². The summed E-state index contributed by atoms with van der Waals surface area (Å²) in [5.74, 6) is 0.940. The molecule has 2 aromatic rings. The molecule has 19 heavy (non-hydrogen) atoms. The Morgan fingerprint density at radius 3 is 2.89 bits per heavy atom. The van der Waals surface area contributed by atoms with Gasteiger partial charge in [0.05, 0.1) is 28.6 Å². The van der Waals surface area contributed by atoms with E-state index in [0.29, 0.717) is 0 Å². The molecular formula is C15H19ClN2O. The van der Waals surface area contributed by atoms with Crippen LogP contribution in [0.15, 0.2) is 18.2 Å². The highest BCUT2D eigenvalue weighted by Crippen LogP contribution is 2.35. The lowest BCUT2D eigenvalue weighted by Crippen LogP contribution is -2.32. The highest BCUT2D eigenvalue weighted by atomic mass is 35.5. The summed E-state index contributed by atoms with van der Waals surface area (Å²) in [6, 6.07) is 6.35. The lowest BCUT2D eigenvalue weighted by Gasteiger charge is -2.28. The topological polar surface area (TPSA) is 27.1 Å². The van der Waals surface area contributed by atoms with Crippen molar-refractivity contribution in [3.63, 3.8) is 0 Å². The Kier molecular flexibility index (Phi) is 3.06. The molecule has 0 spiro atoms. The third-order valence-corrected chi connectivity index (χ3v) is 4.12. The molecular weight excluding hydrogens is 260 g/mol. The zero-order chi connectivity index (χ0) is 13.6. The van der Waals surface area contributed by atoms with Crippen LogP contribution in [0.5, 0.6) is 0 Å². The van der Waals surface area contributed by atoms with E-state index in [-0.39, 0.29) is 10.9 Å². The van der Waals surface area contributed by atoms with Crippen LogP contribution >= 0.6 is 11.6 Å². The van der Waals surface area contributed by atoms with Crippen LogP contribution in [0, 0.1) is 6.92 Å². The second kappa shape index (κ2) is 4.50. The summed E-state index contributed by atoms with van der Waals surface area (Å²) in [7, 11) is 0. The molecule has 0 aliphatic carbocycles. The van der Waals surface area contributed by atoms with Gasteiger partial charge in [-0.05, 0) is 44.9 Å². The first-order valence-electron chi connectivity index (χ1n) is 6.72. The molecule has 3 nitrogen and oxygen atoms in total. The van der Waals surface area contributed by atoms with E-state index in [1.165, 1.54) is 5.56 Å². The van der Waals surface area contributed by atoms with Crippen LogP contribution in [0.3, 0.4) is 0 Å². The number of aromatic nitrogens is 2. The molecule has 1 aromatic heterocycles. The van der Waals surface area contributed by atoms with Gasteiger partial charge in [0, 0.05) is 6.61 Å². The number of nitrogens with zero attached hydrogens (tertiary/aromatic N) is 2. The fraction of sp³-hybridized carbons (Fsp3) is 0.533. The van der Waals surface area contributed by atoms with Gasteiger partial charge >= 0.3 is 0 Å². The Morgan fingerprint density at radius 2 is 2.26 bits per heavy atom. The summed E-state index contributed by atoms with van der Waals surface area (Å²) >= 11 is 6.34. The number of ether oxygens (including phenoxy) is 1. The Bertz CT molecular complexity index is 612. The van der Waals surface area contributed by atoms with Crippen molar-refractivity contribution < 1.29 is 4.74 Å². The summed E-state index contributed by atoms with van der Waals surface area (Å²) < 4.78 is 7.90. The maximum atomic E-state index is 6.34. The maximum absolute atomic E-state index is 6.34. The summed E-state index contributed by atoms with van der Waals surface area (Å²) in [6.45, 7) is 7.84. The van der Waals surface area contributed by atoms with Gasteiger partial charge in [-0.1, -0.05) is 6.07 Å². The zero-order valence-corrected chi connectivity index (χ0v) is 12.4. The number of halogens is 1. The Morgan fingerprint density at radius 1 is 1.47 bits per heavy atom. The first-order chi connectivity index (χ1) is 9.01. The molecule has 2 atom stereocenters. The molecule has 1 saturated heterocycles. The molecule has 2 unspecified atom stereocenters. The molecule has 2 heterocycles. The summed E-state index contributed by atoms with van der Waals surface area (Å²) in [6.07, 6.45) is 1.00. The number of rotatable bonds is 2. The Hall–Kier alpha value is -1.06. The minimum absolute atomic E-state index is 0.0406. The average Bonchev–Trinajstić information content (AvgIpc) is 2.93. The van der Waals surface area contributed by atoms with Crippen molar-refractivity contribution in [2.75, 3.05) is 13.2 Å². The number of fused-ring (bicyclic) bond motifs is 1. The standard InChI is InChI=1S/C15H19ClN2O/c1-10-4-5-12-13(8-10)18(14(17-12)11(2)16)15(3)6-7-19-9-15/h4-5,8,11H,6-7,9H2,1-3H3. The van der Waals surface area contributed by atoms with Crippen LogP contribution in [0.4, 0.5) is 0 Å². The summed E-state index contributed by atoms with van der Waals surface area (Å²) in [5, 5.41) is -0.106. The lowest BCUT2D eigenvalue weighted by atomic mass is 10.0. The van der Waals surface area contributed by atoms with Gasteiger partial charge in [-0.2, -0.15) is 0 Å². The first kappa shape index (κ1) is 12.9. The minimum atomic E-state index is -0.106. The van der Waals surface area contributed by atoms with E-state index in [4.69, 9.17) is 21.3 Å². The van der Waals surface area contributed by atoms with Gasteiger partial charge in [-0.15, -0.1) is 11.6 Å². The van der Waals surface area contributed by atoms with Crippen LogP contribution in [-0.4, -0.2) is 22.8 Å². The van der Waals surface area contributed by atoms with Gasteiger partial charge in [0.15, 0.2) is 0 Å².